The van der Waals surface area contributed by atoms with Gasteiger partial charge in [-0.05, 0) is 37.3 Å². The SMILES string of the molecule is COc1ccc(OC)c([C@H](C)NC(=O)COc2ccc(Cl)cc2[N+](=O)[O-])c1. The molecule has 0 aliphatic rings. The summed E-state index contributed by atoms with van der Waals surface area (Å²) in [6.45, 7) is 1.39. The molecule has 144 valence electrons. The minimum atomic E-state index is -0.622. The molecule has 1 amide bonds. The lowest BCUT2D eigenvalue weighted by molar-refractivity contribution is -0.385. The first-order chi connectivity index (χ1) is 12.8. The molecule has 1 N–H and O–H groups in total. The molecule has 0 unspecified atom stereocenters. The van der Waals surface area contributed by atoms with Gasteiger partial charge in [0.05, 0.1) is 25.2 Å². The first kappa shape index (κ1) is 20.3. The molecular formula is C18H19ClN2O6. The maximum absolute atomic E-state index is 12.2. The first-order valence-corrected chi connectivity index (χ1v) is 8.31. The number of hydrogen-bond acceptors (Lipinski definition) is 6. The van der Waals surface area contributed by atoms with Crippen LogP contribution in [0.4, 0.5) is 5.69 Å². The number of nitrogens with zero attached hydrogens (tertiary/aromatic N) is 1. The van der Waals surface area contributed by atoms with E-state index in [1.807, 2.05) is 0 Å². The number of methoxy groups -OCH3 is 2. The van der Waals surface area contributed by atoms with Gasteiger partial charge in [-0.15, -0.1) is 0 Å². The summed E-state index contributed by atoms with van der Waals surface area (Å²) in [4.78, 5) is 22.6. The maximum atomic E-state index is 12.2. The zero-order valence-electron chi connectivity index (χ0n) is 15.0. The number of ether oxygens (including phenoxy) is 3. The molecule has 0 fully saturated rings. The van der Waals surface area contributed by atoms with Gasteiger partial charge in [-0.2, -0.15) is 0 Å². The Morgan fingerprint density at radius 2 is 1.89 bits per heavy atom. The summed E-state index contributed by atoms with van der Waals surface area (Å²) in [6, 6.07) is 8.82. The van der Waals surface area contributed by atoms with Crippen LogP contribution in [0.2, 0.25) is 5.02 Å². The highest BCUT2D eigenvalue weighted by Gasteiger charge is 2.19. The second-order valence-corrected chi connectivity index (χ2v) is 5.99. The molecule has 0 heterocycles. The summed E-state index contributed by atoms with van der Waals surface area (Å²) < 4.78 is 15.8. The zero-order chi connectivity index (χ0) is 20.0. The van der Waals surface area contributed by atoms with Gasteiger partial charge < -0.3 is 19.5 Å². The Bertz CT molecular complexity index is 843. The molecule has 2 aromatic carbocycles. The molecule has 1 atom stereocenters. The number of amides is 1. The van der Waals surface area contributed by atoms with Crippen molar-refractivity contribution in [1.82, 2.24) is 5.32 Å². The summed E-state index contributed by atoms with van der Waals surface area (Å²) in [7, 11) is 3.07. The second-order valence-electron chi connectivity index (χ2n) is 5.55. The van der Waals surface area contributed by atoms with E-state index in [0.717, 1.165) is 5.56 Å². The van der Waals surface area contributed by atoms with Gasteiger partial charge >= 0.3 is 5.69 Å². The van der Waals surface area contributed by atoms with Gasteiger partial charge in [0.25, 0.3) is 5.91 Å². The van der Waals surface area contributed by atoms with Crippen LogP contribution in [-0.4, -0.2) is 31.7 Å². The van der Waals surface area contributed by atoms with E-state index in [-0.39, 0.29) is 23.1 Å². The van der Waals surface area contributed by atoms with E-state index in [4.69, 9.17) is 25.8 Å². The fraction of sp³-hybridized carbons (Fsp3) is 0.278. The maximum Gasteiger partial charge on any atom is 0.312 e. The zero-order valence-corrected chi connectivity index (χ0v) is 15.8. The van der Waals surface area contributed by atoms with Crippen molar-refractivity contribution in [2.45, 2.75) is 13.0 Å². The van der Waals surface area contributed by atoms with Crippen LogP contribution in [0.1, 0.15) is 18.5 Å². The van der Waals surface area contributed by atoms with E-state index in [2.05, 4.69) is 5.32 Å². The van der Waals surface area contributed by atoms with Gasteiger partial charge in [0, 0.05) is 16.7 Å². The summed E-state index contributed by atoms with van der Waals surface area (Å²) >= 11 is 5.75. The van der Waals surface area contributed by atoms with Gasteiger partial charge in [-0.25, -0.2) is 0 Å². The molecule has 0 bridgehead atoms. The molecule has 0 spiro atoms. The number of carbonyl (C=O) groups excluding carboxylic acids is 1. The standard InChI is InChI=1S/C18H19ClN2O6/c1-11(14-9-13(25-2)5-7-16(14)26-3)20-18(22)10-27-17-6-4-12(19)8-15(17)21(23)24/h4-9,11H,10H2,1-3H3,(H,20,22)/t11-/m0/s1. The Morgan fingerprint density at radius 1 is 1.19 bits per heavy atom. The number of nitro groups is 1. The monoisotopic (exact) mass is 394 g/mol. The van der Waals surface area contributed by atoms with E-state index in [0.29, 0.717) is 11.5 Å². The van der Waals surface area contributed by atoms with Gasteiger partial charge in [0.2, 0.25) is 0 Å². The lowest BCUT2D eigenvalue weighted by Gasteiger charge is -2.18. The minimum absolute atomic E-state index is 0.0360. The molecule has 9 heteroatoms. The van der Waals surface area contributed by atoms with Crippen LogP contribution in [0, 0.1) is 10.1 Å². The normalized spacial score (nSPS) is 11.4. The van der Waals surface area contributed by atoms with Crippen molar-refractivity contribution >= 4 is 23.2 Å². The number of rotatable bonds is 8. The third-order valence-corrected chi connectivity index (χ3v) is 3.99. The topological polar surface area (TPSA) is 99.9 Å². The van der Waals surface area contributed by atoms with Crippen molar-refractivity contribution in [3.8, 4) is 17.2 Å². The lowest BCUT2D eigenvalue weighted by atomic mass is 10.1. The molecule has 8 nitrogen and oxygen atoms in total. The smallest absolute Gasteiger partial charge is 0.312 e. The molecule has 0 aliphatic carbocycles. The van der Waals surface area contributed by atoms with Crippen molar-refractivity contribution in [3.05, 3.63) is 57.1 Å². The van der Waals surface area contributed by atoms with Gasteiger partial charge in [-0.3, -0.25) is 14.9 Å². The number of hydrogen-bond donors (Lipinski definition) is 1. The summed E-state index contributed by atoms with van der Waals surface area (Å²) in [5, 5.41) is 14.0. The average molecular weight is 395 g/mol. The van der Waals surface area contributed by atoms with Crippen molar-refractivity contribution in [2.24, 2.45) is 0 Å². The number of nitrogens with one attached hydrogen (secondary N) is 1. The van der Waals surface area contributed by atoms with E-state index < -0.39 is 16.9 Å². The quantitative estimate of drug-likeness (QED) is 0.543. The minimum Gasteiger partial charge on any atom is -0.497 e. The van der Waals surface area contributed by atoms with Crippen molar-refractivity contribution < 1.29 is 23.9 Å². The molecule has 2 aromatic rings. The van der Waals surface area contributed by atoms with E-state index in [9.17, 15) is 14.9 Å². The highest BCUT2D eigenvalue weighted by atomic mass is 35.5. The van der Waals surface area contributed by atoms with Crippen LogP contribution >= 0.6 is 11.6 Å². The predicted molar refractivity (Wildman–Crippen MR) is 99.7 cm³/mol. The van der Waals surface area contributed by atoms with Crippen LogP contribution in [0.15, 0.2) is 36.4 Å². The van der Waals surface area contributed by atoms with E-state index in [1.165, 1.54) is 25.3 Å². The molecule has 0 saturated heterocycles. The van der Waals surface area contributed by atoms with Gasteiger partial charge in [0.15, 0.2) is 12.4 Å². The highest BCUT2D eigenvalue weighted by molar-refractivity contribution is 6.30. The third kappa shape index (κ3) is 5.24. The van der Waals surface area contributed by atoms with Crippen LogP contribution in [0.5, 0.6) is 17.2 Å². The number of halogens is 1. The fourth-order valence-electron chi connectivity index (χ4n) is 2.44. The number of benzene rings is 2. The Labute approximate surface area is 161 Å². The molecule has 2 rings (SSSR count). The van der Waals surface area contributed by atoms with Crippen LogP contribution in [-0.2, 0) is 4.79 Å². The molecule has 0 radical (unpaired) electrons. The highest BCUT2D eigenvalue weighted by Crippen LogP contribution is 2.31. The summed E-state index contributed by atoms with van der Waals surface area (Å²) in [5.41, 5.74) is 0.417. The Hall–Kier alpha value is -3.00. The summed E-state index contributed by atoms with van der Waals surface area (Å²) in [6.07, 6.45) is 0. The van der Waals surface area contributed by atoms with Crippen LogP contribution in [0.25, 0.3) is 0 Å². The average Bonchev–Trinajstić information content (AvgIpc) is 2.66. The lowest BCUT2D eigenvalue weighted by Crippen LogP contribution is -2.31. The van der Waals surface area contributed by atoms with Crippen LogP contribution < -0.4 is 19.5 Å². The Balaban J connectivity index is 2.05. The molecule has 27 heavy (non-hydrogen) atoms. The van der Waals surface area contributed by atoms with Gasteiger partial charge in [-0.1, -0.05) is 11.6 Å². The van der Waals surface area contributed by atoms with Gasteiger partial charge in [0.1, 0.15) is 11.5 Å². The molecule has 0 aromatic heterocycles. The fourth-order valence-corrected chi connectivity index (χ4v) is 2.60. The van der Waals surface area contributed by atoms with Crippen molar-refractivity contribution in [2.75, 3.05) is 20.8 Å². The molecular weight excluding hydrogens is 376 g/mol. The molecule has 0 saturated carbocycles. The number of carbonyl (C=O) groups is 1. The Morgan fingerprint density at radius 3 is 2.52 bits per heavy atom. The largest absolute Gasteiger partial charge is 0.497 e. The number of nitro benzene ring substituents is 1. The molecule has 0 aliphatic heterocycles. The summed E-state index contributed by atoms with van der Waals surface area (Å²) in [5.74, 6) is 0.737. The van der Waals surface area contributed by atoms with E-state index >= 15 is 0 Å². The Kier molecular flexibility index (Phi) is 6.84. The second kappa shape index (κ2) is 9.09. The first-order valence-electron chi connectivity index (χ1n) is 7.93. The third-order valence-electron chi connectivity index (χ3n) is 3.76. The van der Waals surface area contributed by atoms with Crippen molar-refractivity contribution in [1.29, 1.82) is 0 Å². The van der Waals surface area contributed by atoms with Crippen LogP contribution in [0.3, 0.4) is 0 Å². The van der Waals surface area contributed by atoms with Crippen molar-refractivity contribution in [3.63, 3.8) is 0 Å². The van der Waals surface area contributed by atoms with E-state index in [1.54, 1.807) is 32.2 Å². The predicted octanol–water partition coefficient (Wildman–Crippen LogP) is 3.52.